The molecule has 0 unspecified atom stereocenters. The number of hydrogen-bond acceptors (Lipinski definition) is 6. The number of hydrogen-bond donors (Lipinski definition) is 2. The Morgan fingerprint density at radius 1 is 1.07 bits per heavy atom. The lowest BCUT2D eigenvalue weighted by Gasteiger charge is -2.16. The predicted molar refractivity (Wildman–Crippen MR) is 125 cm³/mol. The summed E-state index contributed by atoms with van der Waals surface area (Å²) in [7, 11) is 6.57. The monoisotopic (exact) mass is 520 g/mol. The molecule has 0 saturated carbocycles. The zero-order valence-electron chi connectivity index (χ0n) is 17.2. The van der Waals surface area contributed by atoms with Gasteiger partial charge in [-0.3, -0.25) is 4.99 Å². The highest BCUT2D eigenvalue weighted by atomic mass is 127. The molecule has 0 aliphatic heterocycles. The van der Waals surface area contributed by atoms with Crippen molar-refractivity contribution in [3.8, 4) is 17.2 Å². The van der Waals surface area contributed by atoms with E-state index in [2.05, 4.69) is 27.5 Å². The van der Waals surface area contributed by atoms with Gasteiger partial charge < -0.3 is 24.8 Å². The largest absolute Gasteiger partial charge is 0.493 e. The van der Waals surface area contributed by atoms with Gasteiger partial charge in [0.2, 0.25) is 5.75 Å². The number of aliphatic imine (C=N–C) groups is 1. The highest BCUT2D eigenvalue weighted by Gasteiger charge is 2.13. The minimum atomic E-state index is 0. The Morgan fingerprint density at radius 2 is 1.71 bits per heavy atom. The van der Waals surface area contributed by atoms with E-state index in [4.69, 9.17) is 14.2 Å². The van der Waals surface area contributed by atoms with E-state index < -0.39 is 0 Å². The van der Waals surface area contributed by atoms with Crippen LogP contribution in [0.3, 0.4) is 0 Å². The molecule has 156 valence electrons. The molecule has 0 bridgehead atoms. The third-order valence-corrected chi connectivity index (χ3v) is 5.18. The van der Waals surface area contributed by atoms with Crippen molar-refractivity contribution in [2.24, 2.45) is 4.99 Å². The van der Waals surface area contributed by atoms with Crippen LogP contribution in [0.5, 0.6) is 17.2 Å². The maximum absolute atomic E-state index is 5.40. The summed E-state index contributed by atoms with van der Waals surface area (Å²) in [6.07, 6.45) is 0.919. The molecule has 0 fully saturated rings. The maximum Gasteiger partial charge on any atom is 0.203 e. The van der Waals surface area contributed by atoms with Crippen LogP contribution in [0.25, 0.3) is 0 Å². The van der Waals surface area contributed by atoms with Gasteiger partial charge in [-0.2, -0.15) is 0 Å². The molecule has 0 atom stereocenters. The van der Waals surface area contributed by atoms with Crippen LogP contribution in [0, 0.1) is 13.8 Å². The lowest BCUT2D eigenvalue weighted by Crippen LogP contribution is -2.37. The van der Waals surface area contributed by atoms with E-state index in [1.54, 1.807) is 39.7 Å². The second kappa shape index (κ2) is 11.9. The van der Waals surface area contributed by atoms with Gasteiger partial charge in [-0.05, 0) is 31.5 Å². The fourth-order valence-corrected chi connectivity index (χ4v) is 3.68. The molecule has 28 heavy (non-hydrogen) atoms. The van der Waals surface area contributed by atoms with Gasteiger partial charge in [0, 0.05) is 31.4 Å². The molecule has 7 nitrogen and oxygen atoms in total. The summed E-state index contributed by atoms with van der Waals surface area (Å²) in [6, 6.07) is 3.84. The fraction of sp³-hybridized carbons (Fsp3) is 0.474. The van der Waals surface area contributed by atoms with Crippen LogP contribution in [0.15, 0.2) is 17.1 Å². The summed E-state index contributed by atoms with van der Waals surface area (Å²) in [5.74, 6) is 2.59. The van der Waals surface area contributed by atoms with Crippen molar-refractivity contribution in [1.29, 1.82) is 0 Å². The van der Waals surface area contributed by atoms with Gasteiger partial charge in [-0.25, -0.2) is 4.98 Å². The SMILES string of the molecule is CN=C(NCCc1sc(C)nc1C)NCc1cc(OC)c(OC)c(OC)c1.I. The summed E-state index contributed by atoms with van der Waals surface area (Å²) in [4.78, 5) is 10.0. The van der Waals surface area contributed by atoms with E-state index in [-0.39, 0.29) is 24.0 Å². The van der Waals surface area contributed by atoms with E-state index in [0.29, 0.717) is 23.8 Å². The number of aryl methyl sites for hydroxylation is 2. The summed E-state index contributed by atoms with van der Waals surface area (Å²) in [6.45, 7) is 5.45. The molecule has 0 radical (unpaired) electrons. The Morgan fingerprint density at radius 3 is 2.18 bits per heavy atom. The second-order valence-corrected chi connectivity index (χ2v) is 7.17. The van der Waals surface area contributed by atoms with Crippen molar-refractivity contribution < 1.29 is 14.2 Å². The van der Waals surface area contributed by atoms with E-state index in [1.165, 1.54) is 4.88 Å². The third-order valence-electron chi connectivity index (χ3n) is 4.05. The summed E-state index contributed by atoms with van der Waals surface area (Å²) < 4.78 is 16.1. The molecule has 0 spiro atoms. The van der Waals surface area contributed by atoms with Crippen LogP contribution in [-0.2, 0) is 13.0 Å². The van der Waals surface area contributed by atoms with Crippen molar-refractivity contribution in [2.45, 2.75) is 26.8 Å². The molecule has 1 aromatic carbocycles. The topological polar surface area (TPSA) is 77.0 Å². The van der Waals surface area contributed by atoms with Gasteiger partial charge in [0.1, 0.15) is 0 Å². The Balaban J connectivity index is 0.00000392. The molecule has 2 rings (SSSR count). The highest BCUT2D eigenvalue weighted by molar-refractivity contribution is 14.0. The normalized spacial score (nSPS) is 10.9. The number of guanidine groups is 1. The highest BCUT2D eigenvalue weighted by Crippen LogP contribution is 2.38. The Kier molecular flexibility index (Phi) is 10.4. The molecule has 0 amide bonds. The summed E-state index contributed by atoms with van der Waals surface area (Å²) in [5.41, 5.74) is 2.11. The predicted octanol–water partition coefficient (Wildman–Crippen LogP) is 3.31. The zero-order chi connectivity index (χ0) is 19.8. The van der Waals surface area contributed by atoms with Crippen LogP contribution >= 0.6 is 35.3 Å². The summed E-state index contributed by atoms with van der Waals surface area (Å²) >= 11 is 1.74. The van der Waals surface area contributed by atoms with Crippen molar-refractivity contribution in [3.05, 3.63) is 33.3 Å². The molecule has 0 aliphatic rings. The number of nitrogens with zero attached hydrogens (tertiary/aromatic N) is 2. The minimum Gasteiger partial charge on any atom is -0.493 e. The second-order valence-electron chi connectivity index (χ2n) is 5.88. The lowest BCUT2D eigenvalue weighted by atomic mass is 10.2. The summed E-state index contributed by atoms with van der Waals surface area (Å²) in [5, 5.41) is 7.75. The van der Waals surface area contributed by atoms with E-state index in [0.717, 1.165) is 35.2 Å². The number of methoxy groups -OCH3 is 3. The van der Waals surface area contributed by atoms with E-state index >= 15 is 0 Å². The number of halogens is 1. The number of aromatic nitrogens is 1. The van der Waals surface area contributed by atoms with Crippen LogP contribution in [0.4, 0.5) is 0 Å². The van der Waals surface area contributed by atoms with Gasteiger partial charge in [0.05, 0.1) is 32.0 Å². The van der Waals surface area contributed by atoms with Gasteiger partial charge in [-0.15, -0.1) is 35.3 Å². The van der Waals surface area contributed by atoms with Crippen molar-refractivity contribution in [3.63, 3.8) is 0 Å². The number of nitrogens with one attached hydrogen (secondary N) is 2. The van der Waals surface area contributed by atoms with Crippen LogP contribution in [0.1, 0.15) is 21.1 Å². The van der Waals surface area contributed by atoms with Crippen LogP contribution in [0.2, 0.25) is 0 Å². The van der Waals surface area contributed by atoms with E-state index in [1.807, 2.05) is 19.1 Å². The first kappa shape index (κ1) is 24.3. The average molecular weight is 520 g/mol. The van der Waals surface area contributed by atoms with Crippen LogP contribution < -0.4 is 24.8 Å². The molecule has 1 aromatic heterocycles. The standard InChI is InChI=1S/C19H28N4O3S.HI/c1-12-17(27-13(2)23-12)7-8-21-19(20-3)22-11-14-9-15(24-4)18(26-6)16(10-14)25-5;/h9-10H,7-8,11H2,1-6H3,(H2,20,21,22);1H. The van der Waals surface area contributed by atoms with E-state index in [9.17, 15) is 0 Å². The molecular formula is C19H29IN4O3S. The van der Waals surface area contributed by atoms with Gasteiger partial charge in [0.15, 0.2) is 17.5 Å². The number of thiazole rings is 1. The molecular weight excluding hydrogens is 491 g/mol. The average Bonchev–Trinajstić information content (AvgIpc) is 3.00. The minimum absolute atomic E-state index is 0. The van der Waals surface area contributed by atoms with Gasteiger partial charge in [0.25, 0.3) is 0 Å². The van der Waals surface area contributed by atoms with Crippen molar-refractivity contribution in [1.82, 2.24) is 15.6 Å². The molecule has 9 heteroatoms. The van der Waals surface area contributed by atoms with Crippen molar-refractivity contribution in [2.75, 3.05) is 34.9 Å². The zero-order valence-corrected chi connectivity index (χ0v) is 20.4. The molecule has 2 aromatic rings. The lowest BCUT2D eigenvalue weighted by molar-refractivity contribution is 0.323. The Labute approximate surface area is 187 Å². The number of ether oxygens (including phenoxy) is 3. The maximum atomic E-state index is 5.40. The first-order valence-corrected chi connectivity index (χ1v) is 9.50. The smallest absolute Gasteiger partial charge is 0.203 e. The quantitative estimate of drug-likeness (QED) is 0.316. The fourth-order valence-electron chi connectivity index (χ4n) is 2.74. The first-order valence-electron chi connectivity index (χ1n) is 8.68. The first-order chi connectivity index (χ1) is 13.0. The van der Waals surface area contributed by atoms with Crippen LogP contribution in [-0.4, -0.2) is 45.9 Å². The Hall–Kier alpha value is -1.75. The molecule has 2 N–H and O–H groups in total. The molecule has 1 heterocycles. The van der Waals surface area contributed by atoms with Gasteiger partial charge >= 0.3 is 0 Å². The number of rotatable bonds is 8. The third kappa shape index (κ3) is 6.40. The Bertz CT molecular complexity index is 770. The number of benzene rings is 1. The molecule has 0 aliphatic carbocycles. The van der Waals surface area contributed by atoms with Gasteiger partial charge in [-0.1, -0.05) is 0 Å². The van der Waals surface area contributed by atoms with Crippen molar-refractivity contribution >= 4 is 41.3 Å². The molecule has 0 saturated heterocycles.